The fourth-order valence-corrected chi connectivity index (χ4v) is 2.83. The number of nitrogens with one attached hydrogen (secondary N) is 2. The second-order valence-electron chi connectivity index (χ2n) is 6.35. The first kappa shape index (κ1) is 18.4. The summed E-state index contributed by atoms with van der Waals surface area (Å²) in [4.78, 5) is 23.6. The van der Waals surface area contributed by atoms with Crippen LogP contribution in [-0.2, 0) is 11.3 Å². The third-order valence-corrected chi connectivity index (χ3v) is 4.29. The maximum Gasteiger partial charge on any atom is 0.255 e. The quantitative estimate of drug-likeness (QED) is 0.731. The van der Waals surface area contributed by atoms with Crippen molar-refractivity contribution >= 4 is 17.5 Å². The van der Waals surface area contributed by atoms with E-state index >= 15 is 0 Å². The van der Waals surface area contributed by atoms with E-state index in [0.29, 0.717) is 17.8 Å². The third kappa shape index (κ3) is 4.23. The fourth-order valence-electron chi connectivity index (χ4n) is 2.83. The van der Waals surface area contributed by atoms with Crippen molar-refractivity contribution in [3.05, 3.63) is 77.1 Å². The molecule has 27 heavy (non-hydrogen) atoms. The van der Waals surface area contributed by atoms with Gasteiger partial charge in [0, 0.05) is 19.0 Å². The maximum absolute atomic E-state index is 12.6. The molecule has 0 atom stereocenters. The van der Waals surface area contributed by atoms with Crippen molar-refractivity contribution in [2.24, 2.45) is 0 Å². The molecule has 0 radical (unpaired) electrons. The van der Waals surface area contributed by atoms with Gasteiger partial charge >= 0.3 is 0 Å². The zero-order chi connectivity index (χ0) is 19.4. The summed E-state index contributed by atoms with van der Waals surface area (Å²) in [6.07, 6.45) is 0. The minimum Gasteiger partial charge on any atom is -0.352 e. The van der Waals surface area contributed by atoms with Crippen LogP contribution in [-0.4, -0.2) is 21.6 Å². The molecule has 0 spiro atoms. The first-order valence-corrected chi connectivity index (χ1v) is 8.72. The lowest BCUT2D eigenvalue weighted by Crippen LogP contribution is -2.19. The molecule has 0 aliphatic carbocycles. The summed E-state index contributed by atoms with van der Waals surface area (Å²) in [5.74, 6) is -0.280. The van der Waals surface area contributed by atoms with E-state index in [1.54, 1.807) is 12.1 Å². The van der Waals surface area contributed by atoms with Crippen molar-refractivity contribution in [1.82, 2.24) is 15.1 Å². The number of carbonyl (C=O) groups excluding carboxylic acids is 2. The van der Waals surface area contributed by atoms with E-state index in [2.05, 4.69) is 15.7 Å². The molecule has 6 heteroatoms. The number of aromatic nitrogens is 2. The second kappa shape index (κ2) is 7.86. The van der Waals surface area contributed by atoms with Crippen molar-refractivity contribution in [3.8, 4) is 5.69 Å². The molecule has 138 valence electrons. The van der Waals surface area contributed by atoms with Gasteiger partial charge in [-0.05, 0) is 43.7 Å². The molecule has 0 unspecified atom stereocenters. The molecule has 6 nitrogen and oxygen atoms in total. The van der Waals surface area contributed by atoms with Gasteiger partial charge in [0.2, 0.25) is 5.91 Å². The minimum absolute atomic E-state index is 0.0850. The number of nitrogens with zero attached hydrogens (tertiary/aromatic N) is 2. The highest BCUT2D eigenvalue weighted by molar-refractivity contribution is 6.04. The number of para-hydroxylation sites is 1. The van der Waals surface area contributed by atoms with Gasteiger partial charge in [-0.3, -0.25) is 9.59 Å². The average Bonchev–Trinajstić information content (AvgIpc) is 2.95. The first-order chi connectivity index (χ1) is 13.0. The van der Waals surface area contributed by atoms with Gasteiger partial charge in [0.05, 0.1) is 22.8 Å². The van der Waals surface area contributed by atoms with Gasteiger partial charge in [0.25, 0.3) is 5.91 Å². The van der Waals surface area contributed by atoms with Crippen molar-refractivity contribution in [2.45, 2.75) is 27.3 Å². The Bertz CT molecular complexity index is 960. The number of amides is 2. The van der Waals surface area contributed by atoms with E-state index in [1.165, 1.54) is 6.92 Å². The number of aryl methyl sites for hydroxylation is 1. The topological polar surface area (TPSA) is 76.0 Å². The SMILES string of the molecule is CC(=O)NCc1ccc(C(=O)Nc2c(C)nn(-c3ccccc3)c2C)cc1. The predicted molar refractivity (Wildman–Crippen MR) is 105 cm³/mol. The Hall–Kier alpha value is -3.41. The van der Waals surface area contributed by atoms with E-state index in [4.69, 9.17) is 0 Å². The van der Waals surface area contributed by atoms with Crippen LogP contribution in [0.1, 0.15) is 34.2 Å². The molecule has 0 saturated carbocycles. The smallest absolute Gasteiger partial charge is 0.255 e. The standard InChI is InChI=1S/C21H22N4O2/c1-14-20(15(2)25(24-14)19-7-5-4-6-8-19)23-21(27)18-11-9-17(10-12-18)13-22-16(3)26/h4-12H,13H2,1-3H3,(H,22,26)(H,23,27). The minimum atomic E-state index is -0.195. The van der Waals surface area contributed by atoms with Crippen LogP contribution in [0.15, 0.2) is 54.6 Å². The molecular weight excluding hydrogens is 340 g/mol. The highest BCUT2D eigenvalue weighted by Gasteiger charge is 2.16. The maximum atomic E-state index is 12.6. The van der Waals surface area contributed by atoms with E-state index < -0.39 is 0 Å². The lowest BCUT2D eigenvalue weighted by molar-refractivity contribution is -0.119. The van der Waals surface area contributed by atoms with Gasteiger partial charge in [-0.2, -0.15) is 5.10 Å². The van der Waals surface area contributed by atoms with Gasteiger partial charge in [-0.25, -0.2) is 4.68 Å². The number of benzene rings is 2. The summed E-state index contributed by atoms with van der Waals surface area (Å²) in [5, 5.41) is 10.2. The Kier molecular flexibility index (Phi) is 5.35. The average molecular weight is 362 g/mol. The summed E-state index contributed by atoms with van der Waals surface area (Å²) in [6.45, 7) is 5.72. The van der Waals surface area contributed by atoms with Crippen LogP contribution < -0.4 is 10.6 Å². The van der Waals surface area contributed by atoms with Crippen molar-refractivity contribution in [2.75, 3.05) is 5.32 Å². The Labute approximate surface area is 158 Å². The van der Waals surface area contributed by atoms with Crippen LogP contribution >= 0.6 is 0 Å². The molecule has 0 bridgehead atoms. The highest BCUT2D eigenvalue weighted by Crippen LogP contribution is 2.23. The largest absolute Gasteiger partial charge is 0.352 e. The zero-order valence-corrected chi connectivity index (χ0v) is 15.6. The molecular formula is C21H22N4O2. The molecule has 0 fully saturated rings. The monoisotopic (exact) mass is 362 g/mol. The van der Waals surface area contributed by atoms with E-state index in [9.17, 15) is 9.59 Å². The van der Waals surface area contributed by atoms with Crippen molar-refractivity contribution < 1.29 is 9.59 Å². The van der Waals surface area contributed by atoms with E-state index in [1.807, 2.05) is 61.0 Å². The van der Waals surface area contributed by atoms with Crippen LogP contribution in [0.4, 0.5) is 5.69 Å². The lowest BCUT2D eigenvalue weighted by atomic mass is 10.1. The van der Waals surface area contributed by atoms with Crippen LogP contribution in [0.25, 0.3) is 5.69 Å². The molecule has 0 saturated heterocycles. The molecule has 1 heterocycles. The van der Waals surface area contributed by atoms with Gasteiger partial charge in [-0.1, -0.05) is 30.3 Å². The molecule has 3 aromatic rings. The number of anilines is 1. The van der Waals surface area contributed by atoms with E-state index in [0.717, 1.165) is 22.6 Å². The molecule has 0 aliphatic rings. The molecule has 2 N–H and O–H groups in total. The van der Waals surface area contributed by atoms with Crippen molar-refractivity contribution in [3.63, 3.8) is 0 Å². The Morgan fingerprint density at radius 3 is 2.30 bits per heavy atom. The normalized spacial score (nSPS) is 10.5. The van der Waals surface area contributed by atoms with Gasteiger partial charge in [0.15, 0.2) is 0 Å². The van der Waals surface area contributed by atoms with Gasteiger partial charge in [0.1, 0.15) is 0 Å². The van der Waals surface area contributed by atoms with Crippen molar-refractivity contribution in [1.29, 1.82) is 0 Å². The number of hydrogen-bond acceptors (Lipinski definition) is 3. The van der Waals surface area contributed by atoms with Gasteiger partial charge < -0.3 is 10.6 Å². The summed E-state index contributed by atoms with van der Waals surface area (Å²) < 4.78 is 1.82. The number of hydrogen-bond donors (Lipinski definition) is 2. The highest BCUT2D eigenvalue weighted by atomic mass is 16.2. The Morgan fingerprint density at radius 1 is 1.00 bits per heavy atom. The van der Waals surface area contributed by atoms with Crippen LogP contribution in [0, 0.1) is 13.8 Å². The molecule has 1 aromatic heterocycles. The molecule has 2 amide bonds. The number of rotatable bonds is 5. The second-order valence-corrected chi connectivity index (χ2v) is 6.35. The number of carbonyl (C=O) groups is 2. The van der Waals surface area contributed by atoms with Crippen LogP contribution in [0.3, 0.4) is 0 Å². The summed E-state index contributed by atoms with van der Waals surface area (Å²) in [5.41, 5.74) is 4.77. The third-order valence-electron chi connectivity index (χ3n) is 4.29. The first-order valence-electron chi connectivity index (χ1n) is 8.72. The van der Waals surface area contributed by atoms with Crippen LogP contribution in [0.2, 0.25) is 0 Å². The van der Waals surface area contributed by atoms with Gasteiger partial charge in [-0.15, -0.1) is 0 Å². The fraction of sp³-hybridized carbons (Fsp3) is 0.190. The molecule has 2 aromatic carbocycles. The lowest BCUT2D eigenvalue weighted by Gasteiger charge is -2.08. The Balaban J connectivity index is 1.76. The molecule has 0 aliphatic heterocycles. The summed E-state index contributed by atoms with van der Waals surface area (Å²) >= 11 is 0. The zero-order valence-electron chi connectivity index (χ0n) is 15.6. The summed E-state index contributed by atoms with van der Waals surface area (Å²) in [7, 11) is 0. The Morgan fingerprint density at radius 2 is 1.67 bits per heavy atom. The predicted octanol–water partition coefficient (Wildman–Crippen LogP) is 3.38. The van der Waals surface area contributed by atoms with E-state index in [-0.39, 0.29) is 11.8 Å². The summed E-state index contributed by atoms with van der Waals surface area (Å²) in [6, 6.07) is 17.0. The van der Waals surface area contributed by atoms with Crippen LogP contribution in [0.5, 0.6) is 0 Å². The molecule has 3 rings (SSSR count).